The molecule has 1 aliphatic heterocycles. The molecule has 0 saturated carbocycles. The maximum absolute atomic E-state index is 12.7. The summed E-state index contributed by atoms with van der Waals surface area (Å²) in [6, 6.07) is 9.21. The molecule has 156 valence electrons. The van der Waals surface area contributed by atoms with Crippen LogP contribution in [0.3, 0.4) is 0 Å². The van der Waals surface area contributed by atoms with E-state index >= 15 is 0 Å². The van der Waals surface area contributed by atoms with Crippen molar-refractivity contribution < 1.29 is 28.8 Å². The maximum Gasteiger partial charge on any atom is 0.182 e. The summed E-state index contributed by atoms with van der Waals surface area (Å²) in [4.78, 5) is 14.5. The predicted molar refractivity (Wildman–Crippen MR) is 109 cm³/mol. The highest BCUT2D eigenvalue weighted by molar-refractivity contribution is 6.01. The number of aliphatic hydroxyl groups is 1. The van der Waals surface area contributed by atoms with Crippen LogP contribution in [0.4, 0.5) is 5.69 Å². The summed E-state index contributed by atoms with van der Waals surface area (Å²) in [6.45, 7) is 1.18. The van der Waals surface area contributed by atoms with Crippen molar-refractivity contribution in [1.29, 1.82) is 0 Å². The molecule has 0 aliphatic carbocycles. The van der Waals surface area contributed by atoms with Crippen LogP contribution in [0.2, 0.25) is 0 Å². The zero-order valence-electron chi connectivity index (χ0n) is 16.8. The van der Waals surface area contributed by atoms with Gasteiger partial charge in [0.2, 0.25) is 0 Å². The van der Waals surface area contributed by atoms with E-state index in [-0.39, 0.29) is 12.3 Å². The largest absolute Gasteiger partial charge is 0.493 e. The molecule has 0 aromatic heterocycles. The molecule has 2 unspecified atom stereocenters. The van der Waals surface area contributed by atoms with Crippen molar-refractivity contribution >= 4 is 11.5 Å². The molecule has 1 aliphatic rings. The van der Waals surface area contributed by atoms with Gasteiger partial charge >= 0.3 is 0 Å². The molecule has 0 bridgehead atoms. The van der Waals surface area contributed by atoms with Gasteiger partial charge in [0.15, 0.2) is 28.8 Å². The van der Waals surface area contributed by atoms with E-state index in [0.717, 1.165) is 5.69 Å². The van der Waals surface area contributed by atoms with Crippen LogP contribution >= 0.6 is 0 Å². The summed E-state index contributed by atoms with van der Waals surface area (Å²) in [5.41, 5.74) is 7.21. The van der Waals surface area contributed by atoms with Gasteiger partial charge in [-0.3, -0.25) is 4.79 Å². The molecular weight excluding hydrogens is 376 g/mol. The second-order valence-electron chi connectivity index (χ2n) is 6.74. The zero-order valence-corrected chi connectivity index (χ0v) is 16.8. The van der Waals surface area contributed by atoms with Crippen molar-refractivity contribution in [1.82, 2.24) is 0 Å². The van der Waals surface area contributed by atoms with Gasteiger partial charge in [-0.05, 0) is 30.3 Å². The fourth-order valence-corrected chi connectivity index (χ4v) is 3.13. The Labute approximate surface area is 169 Å². The van der Waals surface area contributed by atoms with Crippen LogP contribution in [0.15, 0.2) is 36.4 Å². The molecule has 8 heteroatoms. The number of methoxy groups -OCH3 is 2. The minimum absolute atomic E-state index is 0.167. The van der Waals surface area contributed by atoms with E-state index in [0.29, 0.717) is 41.8 Å². The fourth-order valence-electron chi connectivity index (χ4n) is 3.13. The number of rotatable bonds is 8. The van der Waals surface area contributed by atoms with E-state index in [1.165, 1.54) is 14.2 Å². The van der Waals surface area contributed by atoms with Crippen molar-refractivity contribution in [3.05, 3.63) is 42.0 Å². The summed E-state index contributed by atoms with van der Waals surface area (Å²) in [5.74, 6) is 1.90. The first-order valence-corrected chi connectivity index (χ1v) is 9.25. The first kappa shape index (κ1) is 20.8. The normalized spacial score (nSPS) is 14.7. The van der Waals surface area contributed by atoms with Crippen molar-refractivity contribution in [2.45, 2.75) is 12.1 Å². The number of fused-ring (bicyclic) bond motifs is 1. The number of carbonyl (C=O) groups excluding carboxylic acids is 1. The van der Waals surface area contributed by atoms with Gasteiger partial charge in [-0.2, -0.15) is 0 Å². The van der Waals surface area contributed by atoms with Crippen LogP contribution in [0, 0.1) is 0 Å². The highest BCUT2D eigenvalue weighted by Gasteiger charge is 2.26. The van der Waals surface area contributed by atoms with E-state index in [1.807, 2.05) is 30.1 Å². The lowest BCUT2D eigenvalue weighted by Crippen LogP contribution is -2.47. The van der Waals surface area contributed by atoms with Gasteiger partial charge in [-0.15, -0.1) is 0 Å². The van der Waals surface area contributed by atoms with Crippen LogP contribution in [-0.4, -0.2) is 64.1 Å². The first-order valence-electron chi connectivity index (χ1n) is 9.25. The number of aliphatic hydroxyl groups excluding tert-OH is 1. The Bertz CT molecular complexity index is 872. The van der Waals surface area contributed by atoms with Crippen LogP contribution in [-0.2, 0) is 0 Å². The molecule has 0 radical (unpaired) electrons. The molecular formula is C21H26N2O6. The number of ketones is 1. The second kappa shape index (κ2) is 9.02. The number of likely N-dealkylation sites (N-methyl/N-ethyl adjacent to an activating group) is 1. The molecule has 0 fully saturated rings. The topological polar surface area (TPSA) is 103 Å². The van der Waals surface area contributed by atoms with E-state index in [1.54, 1.807) is 18.2 Å². The SMILES string of the molecule is COc1ccc(C(=O)C(N)C(O)CN(C)c2ccc3c(c2)OCCO3)cc1OC. The predicted octanol–water partition coefficient (Wildman–Crippen LogP) is 1.48. The minimum atomic E-state index is -1.09. The molecule has 2 aromatic carbocycles. The van der Waals surface area contributed by atoms with E-state index in [9.17, 15) is 9.90 Å². The van der Waals surface area contributed by atoms with Gasteiger partial charge in [0, 0.05) is 30.9 Å². The number of hydrogen-bond donors (Lipinski definition) is 2. The van der Waals surface area contributed by atoms with Gasteiger partial charge in [0.25, 0.3) is 0 Å². The Morgan fingerprint density at radius 1 is 1.10 bits per heavy atom. The lowest BCUT2D eigenvalue weighted by molar-refractivity contribution is 0.0830. The van der Waals surface area contributed by atoms with Crippen molar-refractivity contribution in [3.8, 4) is 23.0 Å². The zero-order chi connectivity index (χ0) is 21.0. The molecule has 2 aromatic rings. The van der Waals surface area contributed by atoms with Gasteiger partial charge in [0.05, 0.1) is 26.4 Å². The molecule has 0 spiro atoms. The Balaban J connectivity index is 1.68. The van der Waals surface area contributed by atoms with Crippen molar-refractivity contribution in [2.75, 3.05) is 45.9 Å². The molecule has 0 saturated heterocycles. The summed E-state index contributed by atoms with van der Waals surface area (Å²) < 4.78 is 21.5. The molecule has 3 rings (SSSR count). The summed E-state index contributed by atoms with van der Waals surface area (Å²) in [7, 11) is 4.81. The quantitative estimate of drug-likeness (QED) is 0.640. The highest BCUT2D eigenvalue weighted by Crippen LogP contribution is 2.34. The van der Waals surface area contributed by atoms with Crippen LogP contribution < -0.4 is 29.6 Å². The summed E-state index contributed by atoms with van der Waals surface area (Å²) >= 11 is 0. The third-order valence-electron chi connectivity index (χ3n) is 4.81. The Hall–Kier alpha value is -2.97. The lowest BCUT2D eigenvalue weighted by atomic mass is 9.99. The Kier molecular flexibility index (Phi) is 6.46. The Morgan fingerprint density at radius 2 is 1.79 bits per heavy atom. The third-order valence-corrected chi connectivity index (χ3v) is 4.81. The minimum Gasteiger partial charge on any atom is -0.493 e. The summed E-state index contributed by atoms with van der Waals surface area (Å²) in [5, 5.41) is 10.5. The van der Waals surface area contributed by atoms with E-state index in [4.69, 9.17) is 24.7 Å². The Morgan fingerprint density at radius 3 is 2.48 bits per heavy atom. The van der Waals surface area contributed by atoms with E-state index in [2.05, 4.69) is 0 Å². The number of anilines is 1. The molecule has 8 nitrogen and oxygen atoms in total. The second-order valence-corrected chi connectivity index (χ2v) is 6.74. The van der Waals surface area contributed by atoms with Gasteiger partial charge in [-0.25, -0.2) is 0 Å². The number of nitrogens with two attached hydrogens (primary N) is 1. The highest BCUT2D eigenvalue weighted by atomic mass is 16.6. The average molecular weight is 402 g/mol. The maximum atomic E-state index is 12.7. The number of Topliss-reactive ketones (excluding diaryl/α,β-unsaturated/α-hetero) is 1. The number of ether oxygens (including phenoxy) is 4. The van der Waals surface area contributed by atoms with Crippen LogP contribution in [0.5, 0.6) is 23.0 Å². The molecule has 29 heavy (non-hydrogen) atoms. The van der Waals surface area contributed by atoms with Crippen LogP contribution in [0.1, 0.15) is 10.4 Å². The summed E-state index contributed by atoms with van der Waals surface area (Å²) in [6.07, 6.45) is -1.08. The van der Waals surface area contributed by atoms with Crippen molar-refractivity contribution in [2.24, 2.45) is 5.73 Å². The van der Waals surface area contributed by atoms with Crippen LogP contribution in [0.25, 0.3) is 0 Å². The van der Waals surface area contributed by atoms with E-state index < -0.39 is 12.1 Å². The van der Waals surface area contributed by atoms with Gasteiger partial charge in [0.1, 0.15) is 13.2 Å². The van der Waals surface area contributed by atoms with Gasteiger partial charge < -0.3 is 34.7 Å². The molecule has 1 heterocycles. The first-order chi connectivity index (χ1) is 13.9. The number of hydrogen-bond acceptors (Lipinski definition) is 8. The smallest absolute Gasteiger partial charge is 0.182 e. The molecule has 3 N–H and O–H groups in total. The average Bonchev–Trinajstić information content (AvgIpc) is 2.76. The standard InChI is InChI=1S/C21H26N2O6/c1-23(14-5-7-17-19(11-14)29-9-8-28-17)12-15(24)20(22)21(25)13-4-6-16(26-2)18(10-13)27-3/h4-7,10-11,15,20,24H,8-9,12,22H2,1-3H3. The number of carbonyl (C=O) groups is 1. The fraction of sp³-hybridized carbons (Fsp3) is 0.381. The molecule has 2 atom stereocenters. The van der Waals surface area contributed by atoms with Crippen molar-refractivity contribution in [3.63, 3.8) is 0 Å². The monoisotopic (exact) mass is 402 g/mol. The van der Waals surface area contributed by atoms with Gasteiger partial charge in [-0.1, -0.05) is 0 Å². The number of benzene rings is 2. The third kappa shape index (κ3) is 4.55. The number of nitrogens with zero attached hydrogens (tertiary/aromatic N) is 1. The molecule has 0 amide bonds. The lowest BCUT2D eigenvalue weighted by Gasteiger charge is -2.27.